The van der Waals surface area contributed by atoms with Gasteiger partial charge in [-0.3, -0.25) is 4.98 Å². The van der Waals surface area contributed by atoms with Crippen molar-refractivity contribution < 1.29 is 8.83 Å². The number of hydrogen-bond acceptors (Lipinski definition) is 5. The van der Waals surface area contributed by atoms with Crippen molar-refractivity contribution in [1.82, 2.24) is 15.0 Å². The van der Waals surface area contributed by atoms with E-state index >= 15 is 0 Å². The molecule has 4 aromatic heterocycles. The quantitative estimate of drug-likeness (QED) is 0.171. The van der Waals surface area contributed by atoms with Crippen LogP contribution in [0.4, 0.5) is 0 Å². The minimum absolute atomic E-state index is 0.664. The highest BCUT2D eigenvalue weighted by Gasteiger charge is 2.20. The number of rotatable bonds is 6. The highest BCUT2D eigenvalue weighted by molar-refractivity contribution is 6.19. The minimum Gasteiger partial charge on any atom is -0.455 e. The number of nitrogens with zero attached hydrogens (tertiary/aromatic N) is 3. The van der Waals surface area contributed by atoms with Crippen LogP contribution in [0.25, 0.3) is 111 Å². The normalized spacial score (nSPS) is 11.6. The summed E-state index contributed by atoms with van der Waals surface area (Å²) in [5.74, 6) is 0.664. The minimum atomic E-state index is 0.664. The molecule has 4 heterocycles. The first-order valence-corrected chi connectivity index (χ1v) is 18.7. The fraction of sp³-hybridized carbons (Fsp3) is 0. The average Bonchev–Trinajstić information content (AvgIpc) is 3.86. The Morgan fingerprint density at radius 1 is 0.339 bits per heavy atom. The number of hydrogen-bond donors (Lipinski definition) is 0. The van der Waals surface area contributed by atoms with Gasteiger partial charge in [-0.05, 0) is 47.5 Å². The average molecular weight is 718 g/mol. The Labute approximate surface area is 322 Å². The summed E-state index contributed by atoms with van der Waals surface area (Å²) in [6.07, 6.45) is 1.81. The smallest absolute Gasteiger partial charge is 0.160 e. The van der Waals surface area contributed by atoms with Gasteiger partial charge in [0.1, 0.15) is 22.3 Å². The van der Waals surface area contributed by atoms with E-state index in [1.54, 1.807) is 0 Å². The first-order valence-electron chi connectivity index (χ1n) is 18.7. The molecule has 11 aromatic rings. The predicted octanol–water partition coefficient (Wildman–Crippen LogP) is 13.7. The predicted molar refractivity (Wildman–Crippen MR) is 227 cm³/mol. The third kappa shape index (κ3) is 5.37. The second kappa shape index (κ2) is 13.0. The van der Waals surface area contributed by atoms with Crippen molar-refractivity contribution in [2.45, 2.75) is 0 Å². The van der Waals surface area contributed by atoms with E-state index in [9.17, 15) is 0 Å². The van der Waals surface area contributed by atoms with Gasteiger partial charge in [-0.1, -0.05) is 146 Å². The van der Waals surface area contributed by atoms with Gasteiger partial charge < -0.3 is 8.83 Å². The Morgan fingerprint density at radius 2 is 0.911 bits per heavy atom. The maximum Gasteiger partial charge on any atom is 0.160 e. The third-order valence-electron chi connectivity index (χ3n) is 10.6. The molecular formula is C51H31N3O2. The van der Waals surface area contributed by atoms with E-state index in [4.69, 9.17) is 18.8 Å². The van der Waals surface area contributed by atoms with Crippen LogP contribution in [0.15, 0.2) is 197 Å². The molecule has 0 bridgehead atoms. The zero-order chi connectivity index (χ0) is 37.0. The van der Waals surface area contributed by atoms with Crippen molar-refractivity contribution in [3.63, 3.8) is 0 Å². The molecule has 0 unspecified atom stereocenters. The van der Waals surface area contributed by atoms with Crippen LogP contribution >= 0.6 is 0 Å². The van der Waals surface area contributed by atoms with Crippen LogP contribution in [0.5, 0.6) is 0 Å². The second-order valence-corrected chi connectivity index (χ2v) is 13.9. The molecule has 0 N–H and O–H groups in total. The monoisotopic (exact) mass is 717 g/mol. The lowest BCUT2D eigenvalue weighted by molar-refractivity contribution is 0.669. The van der Waals surface area contributed by atoms with Crippen molar-refractivity contribution in [2.75, 3.05) is 0 Å². The van der Waals surface area contributed by atoms with Gasteiger partial charge in [0.05, 0.1) is 17.1 Å². The van der Waals surface area contributed by atoms with Crippen LogP contribution in [0, 0.1) is 0 Å². The topological polar surface area (TPSA) is 65.0 Å². The van der Waals surface area contributed by atoms with Crippen molar-refractivity contribution in [1.29, 1.82) is 0 Å². The molecule has 0 saturated carbocycles. The molecule has 0 spiro atoms. The first kappa shape index (κ1) is 31.9. The molecule has 56 heavy (non-hydrogen) atoms. The standard InChI is InChI=1S/C51H31N3O2/c1-2-11-33(12-3-1)44-31-45(54-51(53-44)36-26-24-34(25-27-36)43-17-8-9-30-52-43)35-22-20-32(21-23-35)37-28-29-39(48-42-14-5-7-19-47(42)56-50(37)48)41-16-10-15-40-38-13-4-6-18-46(38)55-49(40)41/h1-31H. The van der Waals surface area contributed by atoms with E-state index in [1.807, 2.05) is 66.9 Å². The Hall–Kier alpha value is -7.63. The second-order valence-electron chi connectivity index (χ2n) is 13.9. The van der Waals surface area contributed by atoms with E-state index in [-0.39, 0.29) is 0 Å². The SMILES string of the molecule is c1ccc(-c2cc(-c3ccc(-c4ccc(-c5cccc6c5oc5ccccc56)c5c4oc4ccccc45)cc3)nc(-c3ccc(-c4ccccn4)cc3)n2)cc1. The summed E-state index contributed by atoms with van der Waals surface area (Å²) in [4.78, 5) is 14.7. The number of fused-ring (bicyclic) bond motifs is 6. The van der Waals surface area contributed by atoms with Crippen molar-refractivity contribution in [3.8, 4) is 67.4 Å². The summed E-state index contributed by atoms with van der Waals surface area (Å²) in [5.41, 5.74) is 14.3. The van der Waals surface area contributed by atoms with Crippen LogP contribution in [-0.2, 0) is 0 Å². The van der Waals surface area contributed by atoms with Gasteiger partial charge in [-0.2, -0.15) is 0 Å². The number of aromatic nitrogens is 3. The van der Waals surface area contributed by atoms with Crippen LogP contribution in [0.2, 0.25) is 0 Å². The summed E-state index contributed by atoms with van der Waals surface area (Å²) in [5, 5.41) is 4.35. The van der Waals surface area contributed by atoms with Gasteiger partial charge in [0.2, 0.25) is 0 Å². The van der Waals surface area contributed by atoms with Crippen LogP contribution in [-0.4, -0.2) is 15.0 Å². The number of furan rings is 2. The van der Waals surface area contributed by atoms with E-state index in [0.29, 0.717) is 5.82 Å². The number of benzene rings is 7. The van der Waals surface area contributed by atoms with Gasteiger partial charge in [-0.25, -0.2) is 9.97 Å². The Bertz CT molecular complexity index is 3220. The van der Waals surface area contributed by atoms with E-state index in [1.165, 1.54) is 0 Å². The number of pyridine rings is 1. The molecule has 0 aliphatic heterocycles. The maximum atomic E-state index is 6.70. The van der Waals surface area contributed by atoms with Gasteiger partial charge in [-0.15, -0.1) is 0 Å². The molecule has 0 fully saturated rings. The molecule has 0 aliphatic rings. The molecule has 262 valence electrons. The molecular weight excluding hydrogens is 687 g/mol. The molecule has 0 atom stereocenters. The fourth-order valence-electron chi connectivity index (χ4n) is 7.86. The van der Waals surface area contributed by atoms with Gasteiger partial charge >= 0.3 is 0 Å². The zero-order valence-corrected chi connectivity index (χ0v) is 30.1. The van der Waals surface area contributed by atoms with Gasteiger partial charge in [0.25, 0.3) is 0 Å². The summed E-state index contributed by atoms with van der Waals surface area (Å²) in [6.45, 7) is 0. The van der Waals surface area contributed by atoms with E-state index in [0.717, 1.165) is 105 Å². The lowest BCUT2D eigenvalue weighted by atomic mass is 9.93. The van der Waals surface area contributed by atoms with Crippen molar-refractivity contribution >= 4 is 43.9 Å². The van der Waals surface area contributed by atoms with Crippen LogP contribution in [0.3, 0.4) is 0 Å². The van der Waals surface area contributed by atoms with Gasteiger partial charge in [0, 0.05) is 61.1 Å². The summed E-state index contributed by atoms with van der Waals surface area (Å²) < 4.78 is 13.2. The molecule has 0 aliphatic carbocycles. The largest absolute Gasteiger partial charge is 0.455 e. The van der Waals surface area contributed by atoms with Crippen molar-refractivity contribution in [3.05, 3.63) is 188 Å². The van der Waals surface area contributed by atoms with Gasteiger partial charge in [0.15, 0.2) is 5.82 Å². The zero-order valence-electron chi connectivity index (χ0n) is 30.1. The molecule has 0 radical (unpaired) electrons. The van der Waals surface area contributed by atoms with Crippen LogP contribution in [0.1, 0.15) is 0 Å². The third-order valence-corrected chi connectivity index (χ3v) is 10.6. The van der Waals surface area contributed by atoms with E-state index in [2.05, 4.69) is 126 Å². The summed E-state index contributed by atoms with van der Waals surface area (Å²) in [6, 6.07) is 62.4. The lowest BCUT2D eigenvalue weighted by Crippen LogP contribution is -1.96. The summed E-state index contributed by atoms with van der Waals surface area (Å²) >= 11 is 0. The van der Waals surface area contributed by atoms with Crippen molar-refractivity contribution in [2.24, 2.45) is 0 Å². The van der Waals surface area contributed by atoms with Crippen LogP contribution < -0.4 is 0 Å². The highest BCUT2D eigenvalue weighted by Crippen LogP contribution is 2.45. The molecule has 7 aromatic carbocycles. The first-order chi connectivity index (χ1) is 27.7. The molecule has 5 heteroatoms. The molecule has 0 saturated heterocycles. The summed E-state index contributed by atoms with van der Waals surface area (Å²) in [7, 11) is 0. The molecule has 0 amide bonds. The molecule has 5 nitrogen and oxygen atoms in total. The highest BCUT2D eigenvalue weighted by atomic mass is 16.3. The molecule has 11 rings (SSSR count). The Morgan fingerprint density at radius 3 is 1.66 bits per heavy atom. The number of para-hydroxylation sites is 3. The fourth-order valence-corrected chi connectivity index (χ4v) is 7.86. The maximum absolute atomic E-state index is 6.70. The Kier molecular flexibility index (Phi) is 7.42. The lowest BCUT2D eigenvalue weighted by Gasteiger charge is -2.11. The van der Waals surface area contributed by atoms with E-state index < -0.39 is 0 Å². The Balaban J connectivity index is 1.02.